The van der Waals surface area contributed by atoms with Crippen LogP contribution in [0.4, 0.5) is 5.69 Å². The van der Waals surface area contributed by atoms with E-state index in [1.54, 1.807) is 19.5 Å². The lowest BCUT2D eigenvalue weighted by molar-refractivity contribution is 0.411. The van der Waals surface area contributed by atoms with Crippen LogP contribution < -0.4 is 10.5 Å². The fourth-order valence-electron chi connectivity index (χ4n) is 1.95. The van der Waals surface area contributed by atoms with Crippen LogP contribution >= 0.6 is 0 Å². The van der Waals surface area contributed by atoms with Crippen LogP contribution in [-0.2, 0) is 0 Å². The summed E-state index contributed by atoms with van der Waals surface area (Å²) >= 11 is 0. The second-order valence-electron chi connectivity index (χ2n) is 4.10. The second kappa shape index (κ2) is 4.45. The van der Waals surface area contributed by atoms with Crippen molar-refractivity contribution in [2.45, 2.75) is 13.8 Å². The summed E-state index contributed by atoms with van der Waals surface area (Å²) in [7, 11) is 1.68. The van der Waals surface area contributed by atoms with Crippen molar-refractivity contribution in [3.63, 3.8) is 0 Å². The minimum absolute atomic E-state index is 0.695. The maximum Gasteiger partial charge on any atom is 0.122 e. The summed E-state index contributed by atoms with van der Waals surface area (Å²) in [6.07, 6.45) is 3.43. The highest BCUT2D eigenvalue weighted by atomic mass is 16.5. The van der Waals surface area contributed by atoms with E-state index in [9.17, 15) is 0 Å². The molecule has 0 aliphatic rings. The van der Waals surface area contributed by atoms with Gasteiger partial charge in [-0.15, -0.1) is 0 Å². The molecule has 2 aromatic rings. The van der Waals surface area contributed by atoms with Crippen molar-refractivity contribution in [1.82, 2.24) is 4.98 Å². The summed E-state index contributed by atoms with van der Waals surface area (Å²) in [6.45, 7) is 4.08. The van der Waals surface area contributed by atoms with Gasteiger partial charge in [0.1, 0.15) is 5.75 Å². The molecule has 2 rings (SSSR count). The number of nitrogens with zero attached hydrogens (tertiary/aromatic N) is 1. The van der Waals surface area contributed by atoms with Crippen molar-refractivity contribution in [2.75, 3.05) is 12.8 Å². The van der Waals surface area contributed by atoms with Crippen LogP contribution in [0.1, 0.15) is 11.1 Å². The van der Waals surface area contributed by atoms with Gasteiger partial charge in [0.15, 0.2) is 0 Å². The van der Waals surface area contributed by atoms with E-state index in [0.717, 1.165) is 28.0 Å². The standard InChI is InChI=1S/C14H16N2O/c1-9-7-14(17-3)10(2)6-12(9)11-4-5-16-8-13(11)15/h4-8H,15H2,1-3H3. The minimum Gasteiger partial charge on any atom is -0.496 e. The summed E-state index contributed by atoms with van der Waals surface area (Å²) in [5.74, 6) is 0.902. The molecule has 0 spiro atoms. The van der Waals surface area contributed by atoms with Gasteiger partial charge in [0.2, 0.25) is 0 Å². The first-order valence-electron chi connectivity index (χ1n) is 5.48. The van der Waals surface area contributed by atoms with E-state index >= 15 is 0 Å². The van der Waals surface area contributed by atoms with Crippen molar-refractivity contribution >= 4 is 5.69 Å². The predicted molar refractivity (Wildman–Crippen MR) is 70.1 cm³/mol. The molecule has 17 heavy (non-hydrogen) atoms. The Bertz CT molecular complexity index is 550. The molecule has 88 valence electrons. The zero-order valence-corrected chi connectivity index (χ0v) is 10.3. The number of nitrogens with two attached hydrogens (primary N) is 1. The molecule has 0 amide bonds. The molecule has 0 atom stereocenters. The van der Waals surface area contributed by atoms with Gasteiger partial charge in [0, 0.05) is 11.8 Å². The maximum atomic E-state index is 5.95. The Balaban J connectivity index is 2.61. The SMILES string of the molecule is COc1cc(C)c(-c2ccncc2N)cc1C. The van der Waals surface area contributed by atoms with Crippen molar-refractivity contribution < 1.29 is 4.74 Å². The lowest BCUT2D eigenvalue weighted by Gasteiger charge is -2.12. The monoisotopic (exact) mass is 228 g/mol. The number of aryl methyl sites for hydroxylation is 2. The van der Waals surface area contributed by atoms with E-state index in [2.05, 4.69) is 18.0 Å². The quantitative estimate of drug-likeness (QED) is 0.859. The number of pyridine rings is 1. The average molecular weight is 228 g/mol. The van der Waals surface area contributed by atoms with Gasteiger partial charge in [-0.3, -0.25) is 4.98 Å². The third-order valence-electron chi connectivity index (χ3n) is 2.88. The molecule has 0 fully saturated rings. The van der Waals surface area contributed by atoms with Crippen LogP contribution in [0.15, 0.2) is 30.6 Å². The van der Waals surface area contributed by atoms with Crippen molar-refractivity contribution in [1.29, 1.82) is 0 Å². The zero-order valence-electron chi connectivity index (χ0n) is 10.3. The molecule has 0 unspecified atom stereocenters. The molecule has 3 nitrogen and oxygen atoms in total. The third-order valence-corrected chi connectivity index (χ3v) is 2.88. The van der Waals surface area contributed by atoms with Gasteiger partial charge in [-0.1, -0.05) is 0 Å². The van der Waals surface area contributed by atoms with Crippen molar-refractivity contribution in [3.8, 4) is 16.9 Å². The van der Waals surface area contributed by atoms with Crippen molar-refractivity contribution in [2.24, 2.45) is 0 Å². The predicted octanol–water partition coefficient (Wildman–Crippen LogP) is 2.96. The summed E-state index contributed by atoms with van der Waals surface area (Å²) in [5.41, 5.74) is 11.0. The first-order valence-corrected chi connectivity index (χ1v) is 5.48. The molecule has 1 aromatic heterocycles. The third kappa shape index (κ3) is 2.09. The first kappa shape index (κ1) is 11.5. The number of methoxy groups -OCH3 is 1. The summed E-state index contributed by atoms with van der Waals surface area (Å²) in [4.78, 5) is 4.01. The van der Waals surface area contributed by atoms with E-state index in [1.807, 2.05) is 19.1 Å². The molecule has 0 aliphatic heterocycles. The fourth-order valence-corrected chi connectivity index (χ4v) is 1.95. The van der Waals surface area contributed by atoms with Gasteiger partial charge >= 0.3 is 0 Å². The minimum atomic E-state index is 0.695. The molecule has 3 heteroatoms. The lowest BCUT2D eigenvalue weighted by atomic mass is 9.97. The molecule has 0 saturated heterocycles. The smallest absolute Gasteiger partial charge is 0.122 e. The van der Waals surface area contributed by atoms with Gasteiger partial charge in [0.05, 0.1) is 19.0 Å². The van der Waals surface area contributed by atoms with E-state index in [1.165, 1.54) is 0 Å². The Kier molecular flexibility index (Phi) is 3.00. The van der Waals surface area contributed by atoms with Crippen molar-refractivity contribution in [3.05, 3.63) is 41.7 Å². The van der Waals surface area contributed by atoms with Gasteiger partial charge in [0.25, 0.3) is 0 Å². The van der Waals surface area contributed by atoms with Gasteiger partial charge in [-0.2, -0.15) is 0 Å². The highest BCUT2D eigenvalue weighted by molar-refractivity contribution is 5.78. The Hall–Kier alpha value is -2.03. The van der Waals surface area contributed by atoms with Crippen LogP contribution in [0.2, 0.25) is 0 Å². The highest BCUT2D eigenvalue weighted by Crippen LogP contribution is 2.32. The lowest BCUT2D eigenvalue weighted by Crippen LogP contribution is -1.95. The number of hydrogen-bond donors (Lipinski definition) is 1. The van der Waals surface area contributed by atoms with E-state index in [0.29, 0.717) is 5.69 Å². The van der Waals surface area contributed by atoms with Crippen LogP contribution in [-0.4, -0.2) is 12.1 Å². The van der Waals surface area contributed by atoms with E-state index < -0.39 is 0 Å². The number of nitrogen functional groups attached to an aromatic ring is 1. The van der Waals surface area contributed by atoms with Crippen LogP contribution in [0.25, 0.3) is 11.1 Å². The molecule has 0 saturated carbocycles. The van der Waals surface area contributed by atoms with E-state index in [-0.39, 0.29) is 0 Å². The van der Waals surface area contributed by atoms with E-state index in [4.69, 9.17) is 10.5 Å². The van der Waals surface area contributed by atoms with Crippen LogP contribution in [0.5, 0.6) is 5.75 Å². The topological polar surface area (TPSA) is 48.1 Å². The number of aromatic nitrogens is 1. The van der Waals surface area contributed by atoms with Gasteiger partial charge in [-0.25, -0.2) is 0 Å². The zero-order chi connectivity index (χ0) is 12.4. The normalized spacial score (nSPS) is 10.3. The number of rotatable bonds is 2. The number of anilines is 1. The summed E-state index contributed by atoms with van der Waals surface area (Å²) < 4.78 is 5.30. The molecular formula is C14H16N2O. The molecular weight excluding hydrogens is 212 g/mol. The Morgan fingerprint density at radius 1 is 1.12 bits per heavy atom. The fraction of sp³-hybridized carbons (Fsp3) is 0.214. The molecule has 0 radical (unpaired) electrons. The largest absolute Gasteiger partial charge is 0.496 e. The highest BCUT2D eigenvalue weighted by Gasteiger charge is 2.09. The van der Waals surface area contributed by atoms with Crippen LogP contribution in [0, 0.1) is 13.8 Å². The number of ether oxygens (including phenoxy) is 1. The van der Waals surface area contributed by atoms with Gasteiger partial charge < -0.3 is 10.5 Å². The Morgan fingerprint density at radius 3 is 2.53 bits per heavy atom. The van der Waals surface area contributed by atoms with Crippen LogP contribution in [0.3, 0.4) is 0 Å². The molecule has 0 bridgehead atoms. The van der Waals surface area contributed by atoms with Gasteiger partial charge in [-0.05, 0) is 48.7 Å². The summed E-state index contributed by atoms with van der Waals surface area (Å²) in [6, 6.07) is 6.06. The Labute approximate surface area is 101 Å². The Morgan fingerprint density at radius 2 is 1.88 bits per heavy atom. The average Bonchev–Trinajstić information content (AvgIpc) is 2.32. The second-order valence-corrected chi connectivity index (χ2v) is 4.10. The molecule has 2 N–H and O–H groups in total. The molecule has 0 aliphatic carbocycles. The first-order chi connectivity index (χ1) is 8.13. The summed E-state index contributed by atoms with van der Waals surface area (Å²) in [5, 5.41) is 0. The molecule has 1 aromatic carbocycles. The number of benzene rings is 1. The number of hydrogen-bond acceptors (Lipinski definition) is 3. The molecule has 1 heterocycles. The maximum absolute atomic E-state index is 5.95.